The van der Waals surface area contributed by atoms with Crippen LogP contribution < -0.4 is 5.56 Å². The molecule has 1 aliphatic rings. The van der Waals surface area contributed by atoms with E-state index in [2.05, 4.69) is 0 Å². The van der Waals surface area contributed by atoms with Crippen molar-refractivity contribution in [2.24, 2.45) is 0 Å². The van der Waals surface area contributed by atoms with Gasteiger partial charge in [0, 0.05) is 18.5 Å². The van der Waals surface area contributed by atoms with Crippen molar-refractivity contribution in [2.45, 2.75) is 39.2 Å². The number of aryl methyl sites for hydroxylation is 2. The lowest BCUT2D eigenvalue weighted by Gasteiger charge is -2.14. The molecule has 0 aromatic carbocycles. The largest absolute Gasteiger partial charge is 0.306 e. The van der Waals surface area contributed by atoms with Gasteiger partial charge in [0.25, 0.3) is 11.5 Å². The molecule has 1 aliphatic heterocycles. The third-order valence-corrected chi connectivity index (χ3v) is 2.92. The summed E-state index contributed by atoms with van der Waals surface area (Å²) in [6, 6.07) is 1.59. The number of nitrogens with zero attached hydrogens (tertiary/aromatic N) is 1. The van der Waals surface area contributed by atoms with Crippen LogP contribution in [0.2, 0.25) is 0 Å². The first-order chi connectivity index (χ1) is 6.97. The number of alkyl halides is 2. The minimum atomic E-state index is -2.84. The van der Waals surface area contributed by atoms with E-state index in [1.165, 1.54) is 4.57 Å². The summed E-state index contributed by atoms with van der Waals surface area (Å²) in [5, 5.41) is 0. The Kier molecular flexibility index (Phi) is 2.17. The minimum Gasteiger partial charge on any atom is -0.306 e. The maximum Gasteiger partial charge on any atom is 0.289 e. The van der Waals surface area contributed by atoms with Crippen molar-refractivity contribution >= 4 is 0 Å². The van der Waals surface area contributed by atoms with Crippen LogP contribution in [0.5, 0.6) is 0 Å². The van der Waals surface area contributed by atoms with E-state index < -0.39 is 5.92 Å². The van der Waals surface area contributed by atoms with Gasteiger partial charge in [0.1, 0.15) is 0 Å². The van der Waals surface area contributed by atoms with Crippen molar-refractivity contribution < 1.29 is 8.78 Å². The smallest absolute Gasteiger partial charge is 0.289 e. The highest BCUT2D eigenvalue weighted by Crippen LogP contribution is 2.38. The molecule has 0 bridgehead atoms. The Labute approximate surface area is 86.5 Å². The van der Waals surface area contributed by atoms with Gasteiger partial charge in [0.15, 0.2) is 0 Å². The minimum absolute atomic E-state index is 0.0689. The second kappa shape index (κ2) is 3.15. The van der Waals surface area contributed by atoms with Gasteiger partial charge in [-0.1, -0.05) is 6.92 Å². The van der Waals surface area contributed by atoms with E-state index in [-0.39, 0.29) is 24.2 Å². The summed E-state index contributed by atoms with van der Waals surface area (Å²) in [6.45, 7) is 3.63. The molecule has 4 heteroatoms. The van der Waals surface area contributed by atoms with Gasteiger partial charge in [-0.15, -0.1) is 0 Å². The Morgan fingerprint density at radius 1 is 1.53 bits per heavy atom. The molecule has 2 rings (SSSR count). The molecule has 82 valence electrons. The summed E-state index contributed by atoms with van der Waals surface area (Å²) in [6.07, 6.45) is 0.282. The molecule has 0 spiro atoms. The van der Waals surface area contributed by atoms with Gasteiger partial charge >= 0.3 is 0 Å². The van der Waals surface area contributed by atoms with Crippen LogP contribution in [0.1, 0.15) is 30.2 Å². The lowest BCUT2D eigenvalue weighted by Crippen LogP contribution is -2.25. The summed E-state index contributed by atoms with van der Waals surface area (Å²) in [4.78, 5) is 11.6. The zero-order valence-electron chi connectivity index (χ0n) is 8.81. The molecular weight excluding hydrogens is 200 g/mol. The molecular formula is C11H13F2NO. The summed E-state index contributed by atoms with van der Waals surface area (Å²) in [5.74, 6) is -2.84. The highest BCUT2D eigenvalue weighted by molar-refractivity contribution is 5.31. The lowest BCUT2D eigenvalue weighted by atomic mass is 10.0. The monoisotopic (exact) mass is 213 g/mol. The Morgan fingerprint density at radius 2 is 2.20 bits per heavy atom. The zero-order chi connectivity index (χ0) is 11.2. The van der Waals surface area contributed by atoms with E-state index >= 15 is 0 Å². The predicted molar refractivity (Wildman–Crippen MR) is 53.3 cm³/mol. The first-order valence-electron chi connectivity index (χ1n) is 5.09. The van der Waals surface area contributed by atoms with E-state index in [0.29, 0.717) is 17.5 Å². The van der Waals surface area contributed by atoms with Gasteiger partial charge in [0.05, 0.1) is 5.69 Å². The summed E-state index contributed by atoms with van der Waals surface area (Å²) in [5.41, 5.74) is 0.794. The number of hydrogen-bond acceptors (Lipinski definition) is 1. The summed E-state index contributed by atoms with van der Waals surface area (Å²) >= 11 is 0. The number of pyridine rings is 1. The molecule has 2 heterocycles. The quantitative estimate of drug-likeness (QED) is 0.701. The normalized spacial score (nSPS) is 17.9. The lowest BCUT2D eigenvalue weighted by molar-refractivity contribution is -0.00308. The fourth-order valence-electron chi connectivity index (χ4n) is 2.17. The molecule has 0 N–H and O–H groups in total. The van der Waals surface area contributed by atoms with Gasteiger partial charge in [-0.2, -0.15) is 8.78 Å². The van der Waals surface area contributed by atoms with Gasteiger partial charge < -0.3 is 4.57 Å². The van der Waals surface area contributed by atoms with Crippen molar-refractivity contribution in [3.63, 3.8) is 0 Å². The van der Waals surface area contributed by atoms with Crippen molar-refractivity contribution in [2.75, 3.05) is 0 Å². The fraction of sp³-hybridized carbons (Fsp3) is 0.545. The van der Waals surface area contributed by atoms with Crippen molar-refractivity contribution in [1.29, 1.82) is 0 Å². The maximum atomic E-state index is 13.5. The number of fused-ring (bicyclic) bond motifs is 1. The second-order valence-corrected chi connectivity index (χ2v) is 3.97. The van der Waals surface area contributed by atoms with Crippen LogP contribution in [0.3, 0.4) is 0 Å². The van der Waals surface area contributed by atoms with Crippen LogP contribution in [0.15, 0.2) is 10.9 Å². The van der Waals surface area contributed by atoms with Gasteiger partial charge in [0.2, 0.25) is 0 Å². The number of hydrogen-bond donors (Lipinski definition) is 0. The highest BCUT2D eigenvalue weighted by atomic mass is 19.3. The molecule has 0 amide bonds. The van der Waals surface area contributed by atoms with Crippen LogP contribution in [-0.2, 0) is 18.9 Å². The van der Waals surface area contributed by atoms with E-state index in [0.717, 1.165) is 0 Å². The molecule has 0 atom stereocenters. The van der Waals surface area contributed by atoms with Crippen LogP contribution >= 0.6 is 0 Å². The summed E-state index contributed by atoms with van der Waals surface area (Å²) in [7, 11) is 0. The maximum absolute atomic E-state index is 13.5. The topological polar surface area (TPSA) is 22.0 Å². The van der Waals surface area contributed by atoms with E-state index in [9.17, 15) is 13.6 Å². The SMILES string of the molecule is CCc1cc(C)c(=O)n2c1C(F)(F)CC2. The number of aromatic nitrogens is 1. The van der Waals surface area contributed by atoms with Crippen LogP contribution in [0, 0.1) is 6.92 Å². The number of rotatable bonds is 1. The molecule has 1 aromatic rings. The summed E-state index contributed by atoms with van der Waals surface area (Å²) < 4.78 is 28.3. The molecule has 0 fully saturated rings. The third-order valence-electron chi connectivity index (χ3n) is 2.92. The standard InChI is InChI=1S/C11H13F2NO/c1-3-8-6-7(2)10(15)14-5-4-11(12,13)9(8)14/h6H,3-5H2,1-2H3. The first kappa shape index (κ1) is 10.3. The molecule has 0 saturated heterocycles. The molecule has 1 aromatic heterocycles. The Balaban J connectivity index is 2.78. The van der Waals surface area contributed by atoms with E-state index in [1.54, 1.807) is 13.0 Å². The first-order valence-corrected chi connectivity index (χ1v) is 5.09. The Hall–Kier alpha value is -1.19. The van der Waals surface area contributed by atoms with Gasteiger partial charge in [-0.05, 0) is 25.0 Å². The highest BCUT2D eigenvalue weighted by Gasteiger charge is 2.42. The molecule has 0 unspecified atom stereocenters. The molecule has 2 nitrogen and oxygen atoms in total. The van der Waals surface area contributed by atoms with Gasteiger partial charge in [-0.3, -0.25) is 4.79 Å². The number of halogens is 2. The van der Waals surface area contributed by atoms with Crippen molar-refractivity contribution in [3.8, 4) is 0 Å². The van der Waals surface area contributed by atoms with E-state index in [4.69, 9.17) is 0 Å². The predicted octanol–water partition coefficient (Wildman–Crippen LogP) is 2.21. The Morgan fingerprint density at radius 3 is 2.80 bits per heavy atom. The average molecular weight is 213 g/mol. The third kappa shape index (κ3) is 1.39. The van der Waals surface area contributed by atoms with Crippen LogP contribution in [0.25, 0.3) is 0 Å². The average Bonchev–Trinajstić information content (AvgIpc) is 2.49. The van der Waals surface area contributed by atoms with Crippen molar-refractivity contribution in [3.05, 3.63) is 33.2 Å². The van der Waals surface area contributed by atoms with Crippen LogP contribution in [-0.4, -0.2) is 4.57 Å². The fourth-order valence-corrected chi connectivity index (χ4v) is 2.17. The van der Waals surface area contributed by atoms with Gasteiger partial charge in [-0.25, -0.2) is 0 Å². The molecule has 0 aliphatic carbocycles. The van der Waals surface area contributed by atoms with Crippen molar-refractivity contribution in [1.82, 2.24) is 4.57 Å². The second-order valence-electron chi connectivity index (χ2n) is 3.97. The zero-order valence-corrected chi connectivity index (χ0v) is 8.81. The molecule has 0 radical (unpaired) electrons. The molecule has 0 saturated carbocycles. The van der Waals surface area contributed by atoms with E-state index in [1.807, 2.05) is 6.92 Å². The molecule has 15 heavy (non-hydrogen) atoms. The Bertz CT molecular complexity index is 462. The van der Waals surface area contributed by atoms with Crippen LogP contribution in [0.4, 0.5) is 8.78 Å².